The molecule has 0 heterocycles. The number of para-hydroxylation sites is 1. The lowest BCUT2D eigenvalue weighted by Crippen LogP contribution is -2.50. The Morgan fingerprint density at radius 1 is 0.852 bits per heavy atom. The number of allylic oxidation sites excluding steroid dienone is 4. The fourth-order valence-corrected chi connectivity index (χ4v) is 11.1. The standard InChI is InChI=1S/C24H31OPSi/c1-23(2,3)20-15-12-16-21(22(20)25)26(19-13-8-7-9-14-19)24(27(4,5)6)17-10-11-18-24/h7-18,25H,1-6H3. The summed E-state index contributed by atoms with van der Waals surface area (Å²) in [5.41, 5.74) is 0.936. The molecular weight excluding hydrogens is 363 g/mol. The fourth-order valence-electron chi connectivity index (χ4n) is 3.89. The molecular formula is C24H31OPSi. The van der Waals surface area contributed by atoms with Gasteiger partial charge in [-0.15, -0.1) is 0 Å². The third kappa shape index (κ3) is 3.58. The minimum Gasteiger partial charge on any atom is -0.507 e. The fraction of sp³-hybridized carbons (Fsp3) is 0.333. The van der Waals surface area contributed by atoms with Crippen LogP contribution < -0.4 is 10.6 Å². The van der Waals surface area contributed by atoms with Crippen molar-refractivity contribution in [2.45, 2.75) is 50.6 Å². The molecule has 2 aromatic carbocycles. The maximum Gasteiger partial charge on any atom is 0.127 e. The van der Waals surface area contributed by atoms with E-state index in [1.807, 2.05) is 0 Å². The Balaban J connectivity index is 2.32. The Labute approximate surface area is 166 Å². The van der Waals surface area contributed by atoms with Crippen molar-refractivity contribution in [3.8, 4) is 5.75 Å². The lowest BCUT2D eigenvalue weighted by atomic mass is 9.86. The van der Waals surface area contributed by atoms with Crippen LogP contribution in [0.1, 0.15) is 26.3 Å². The average Bonchev–Trinajstić information content (AvgIpc) is 3.07. The normalized spacial score (nSPS) is 17.3. The molecule has 0 aliphatic heterocycles. The van der Waals surface area contributed by atoms with E-state index < -0.39 is 16.0 Å². The topological polar surface area (TPSA) is 20.2 Å². The first-order valence-electron chi connectivity index (χ1n) is 9.63. The smallest absolute Gasteiger partial charge is 0.127 e. The molecule has 0 amide bonds. The first-order valence-corrected chi connectivity index (χ1v) is 14.5. The average molecular weight is 395 g/mol. The second-order valence-corrected chi connectivity index (χ2v) is 17.5. The van der Waals surface area contributed by atoms with Gasteiger partial charge in [0.1, 0.15) is 5.75 Å². The van der Waals surface area contributed by atoms with Crippen molar-refractivity contribution in [2.75, 3.05) is 0 Å². The van der Waals surface area contributed by atoms with Crippen molar-refractivity contribution in [2.24, 2.45) is 0 Å². The van der Waals surface area contributed by atoms with E-state index in [0.29, 0.717) is 5.75 Å². The van der Waals surface area contributed by atoms with Crippen molar-refractivity contribution < 1.29 is 5.11 Å². The summed E-state index contributed by atoms with van der Waals surface area (Å²) in [5.74, 6) is 0.478. The molecule has 27 heavy (non-hydrogen) atoms. The highest BCUT2D eigenvalue weighted by Gasteiger charge is 2.48. The van der Waals surface area contributed by atoms with Gasteiger partial charge in [-0.05, 0) is 24.2 Å². The predicted octanol–water partition coefficient (Wildman–Crippen LogP) is 5.86. The minimum atomic E-state index is -1.65. The van der Waals surface area contributed by atoms with E-state index in [4.69, 9.17) is 0 Å². The van der Waals surface area contributed by atoms with Crippen LogP contribution in [0.4, 0.5) is 0 Å². The zero-order valence-corrected chi connectivity index (χ0v) is 19.2. The van der Waals surface area contributed by atoms with Gasteiger partial charge in [0.25, 0.3) is 0 Å². The highest BCUT2D eigenvalue weighted by Crippen LogP contribution is 2.57. The summed E-state index contributed by atoms with van der Waals surface area (Å²) in [6.45, 7) is 13.8. The van der Waals surface area contributed by atoms with Crippen LogP contribution in [0.5, 0.6) is 5.75 Å². The first-order chi connectivity index (χ1) is 12.6. The van der Waals surface area contributed by atoms with E-state index >= 15 is 0 Å². The number of phenols is 1. The van der Waals surface area contributed by atoms with E-state index in [1.54, 1.807) is 0 Å². The summed E-state index contributed by atoms with van der Waals surface area (Å²) in [5, 5.41) is 13.8. The van der Waals surface area contributed by atoms with Crippen molar-refractivity contribution in [1.82, 2.24) is 0 Å². The molecule has 142 valence electrons. The molecule has 1 atom stereocenters. The van der Waals surface area contributed by atoms with Crippen molar-refractivity contribution in [3.05, 3.63) is 78.4 Å². The summed E-state index contributed by atoms with van der Waals surface area (Å²) in [6.07, 6.45) is 9.20. The molecule has 1 aliphatic rings. The van der Waals surface area contributed by atoms with E-state index in [0.717, 1.165) is 10.9 Å². The number of hydrogen-bond donors (Lipinski definition) is 1. The van der Waals surface area contributed by atoms with Gasteiger partial charge in [0.2, 0.25) is 0 Å². The van der Waals surface area contributed by atoms with Crippen LogP contribution in [0.3, 0.4) is 0 Å². The summed E-state index contributed by atoms with van der Waals surface area (Å²) < 4.78 is -0.00231. The van der Waals surface area contributed by atoms with Gasteiger partial charge in [0.15, 0.2) is 0 Å². The van der Waals surface area contributed by atoms with Crippen LogP contribution in [0.2, 0.25) is 19.6 Å². The highest BCUT2D eigenvalue weighted by atomic mass is 31.1. The molecule has 1 N–H and O–H groups in total. The molecule has 0 aromatic heterocycles. The second kappa shape index (κ2) is 7.07. The Hall–Kier alpha value is -1.63. The van der Waals surface area contributed by atoms with Gasteiger partial charge < -0.3 is 5.11 Å². The number of hydrogen-bond acceptors (Lipinski definition) is 1. The van der Waals surface area contributed by atoms with Crippen LogP contribution in [0.15, 0.2) is 72.8 Å². The highest BCUT2D eigenvalue weighted by molar-refractivity contribution is 7.77. The quantitative estimate of drug-likeness (QED) is 0.508. The maximum atomic E-state index is 11.4. The summed E-state index contributed by atoms with van der Waals surface area (Å²) in [6, 6.07) is 17.1. The summed E-state index contributed by atoms with van der Waals surface area (Å²) >= 11 is 0. The van der Waals surface area contributed by atoms with Gasteiger partial charge in [-0.2, -0.15) is 0 Å². The van der Waals surface area contributed by atoms with E-state index in [9.17, 15) is 5.11 Å². The van der Waals surface area contributed by atoms with E-state index in [1.165, 1.54) is 5.30 Å². The Morgan fingerprint density at radius 2 is 1.44 bits per heavy atom. The van der Waals surface area contributed by atoms with Crippen LogP contribution in [-0.2, 0) is 5.41 Å². The van der Waals surface area contributed by atoms with E-state index in [2.05, 4.69) is 113 Å². The Morgan fingerprint density at radius 3 is 1.96 bits per heavy atom. The molecule has 3 rings (SSSR count). The first kappa shape index (κ1) is 20.1. The molecule has 0 saturated heterocycles. The zero-order chi connectivity index (χ0) is 19.9. The predicted molar refractivity (Wildman–Crippen MR) is 124 cm³/mol. The minimum absolute atomic E-state index is 0.00231. The molecule has 1 aliphatic carbocycles. The number of benzene rings is 2. The molecule has 0 spiro atoms. The van der Waals surface area contributed by atoms with Crippen molar-refractivity contribution >= 4 is 26.6 Å². The molecule has 1 nitrogen and oxygen atoms in total. The third-order valence-electron chi connectivity index (χ3n) is 5.46. The maximum absolute atomic E-state index is 11.4. The van der Waals surface area contributed by atoms with Gasteiger partial charge in [-0.3, -0.25) is 0 Å². The zero-order valence-electron chi connectivity index (χ0n) is 17.3. The Kier molecular flexibility index (Phi) is 5.27. The summed E-state index contributed by atoms with van der Waals surface area (Å²) in [7, 11) is -2.42. The van der Waals surface area contributed by atoms with E-state index in [-0.39, 0.29) is 10.2 Å². The van der Waals surface area contributed by atoms with Gasteiger partial charge in [0.05, 0.1) is 8.07 Å². The Bertz CT molecular complexity index is 857. The van der Waals surface area contributed by atoms with Gasteiger partial charge in [0, 0.05) is 10.1 Å². The summed E-state index contributed by atoms with van der Waals surface area (Å²) in [4.78, 5) is 0. The molecule has 3 heteroatoms. The van der Waals surface area contributed by atoms with Crippen molar-refractivity contribution in [1.29, 1.82) is 0 Å². The van der Waals surface area contributed by atoms with Gasteiger partial charge in [-0.25, -0.2) is 0 Å². The number of rotatable bonds is 4. The van der Waals surface area contributed by atoms with Crippen LogP contribution in [0, 0.1) is 0 Å². The lowest BCUT2D eigenvalue weighted by Gasteiger charge is -2.45. The molecule has 0 radical (unpaired) electrons. The monoisotopic (exact) mass is 394 g/mol. The SMILES string of the molecule is CC(C)(C)c1cccc(P(c2ccccc2)C2([Si](C)(C)C)C=CC=C2)c1O. The number of aromatic hydroxyl groups is 1. The molecule has 0 bridgehead atoms. The van der Waals surface area contributed by atoms with Gasteiger partial charge >= 0.3 is 0 Å². The molecule has 0 saturated carbocycles. The largest absolute Gasteiger partial charge is 0.507 e. The third-order valence-corrected chi connectivity index (χ3v) is 13.6. The van der Waals surface area contributed by atoms with Crippen LogP contribution in [-0.4, -0.2) is 18.0 Å². The molecule has 1 unspecified atom stereocenters. The number of phenolic OH excluding ortho intramolecular Hbond substituents is 1. The second-order valence-electron chi connectivity index (χ2n) is 9.39. The lowest BCUT2D eigenvalue weighted by molar-refractivity contribution is 0.451. The molecule has 0 fully saturated rings. The van der Waals surface area contributed by atoms with Gasteiger partial charge in [-0.1, -0.05) is 113 Å². The molecule has 2 aromatic rings. The van der Waals surface area contributed by atoms with Crippen LogP contribution >= 0.6 is 7.92 Å². The van der Waals surface area contributed by atoms with Crippen LogP contribution in [0.25, 0.3) is 0 Å². The van der Waals surface area contributed by atoms with Crippen molar-refractivity contribution in [3.63, 3.8) is 0 Å².